The van der Waals surface area contributed by atoms with Crippen LogP contribution < -0.4 is 20.2 Å². The molecular formula is C18H21N3O3. The van der Waals surface area contributed by atoms with Crippen LogP contribution in [-0.4, -0.2) is 32.4 Å². The molecule has 0 radical (unpaired) electrons. The van der Waals surface area contributed by atoms with Gasteiger partial charge in [-0.3, -0.25) is 4.79 Å². The largest absolute Gasteiger partial charge is 0.496 e. The van der Waals surface area contributed by atoms with Crippen molar-refractivity contribution in [1.29, 1.82) is 0 Å². The third kappa shape index (κ3) is 5.31. The molecule has 0 aliphatic rings. The second-order valence-electron chi connectivity index (χ2n) is 4.85. The fourth-order valence-corrected chi connectivity index (χ4v) is 2.00. The molecule has 0 aliphatic heterocycles. The number of rotatable bonds is 8. The molecule has 6 nitrogen and oxygen atoms in total. The lowest BCUT2D eigenvalue weighted by Crippen LogP contribution is -2.25. The zero-order valence-corrected chi connectivity index (χ0v) is 13.8. The fraction of sp³-hybridized carbons (Fsp3) is 0.222. The van der Waals surface area contributed by atoms with Crippen molar-refractivity contribution in [2.24, 2.45) is 5.10 Å². The summed E-state index contributed by atoms with van der Waals surface area (Å²) in [7, 11) is 1.59. The van der Waals surface area contributed by atoms with Gasteiger partial charge in [0.1, 0.15) is 11.5 Å². The van der Waals surface area contributed by atoms with E-state index in [1.165, 1.54) is 0 Å². The Morgan fingerprint density at radius 2 is 1.92 bits per heavy atom. The minimum absolute atomic E-state index is 0.122. The van der Waals surface area contributed by atoms with Crippen LogP contribution in [0.3, 0.4) is 0 Å². The molecule has 2 aromatic rings. The number of para-hydroxylation sites is 1. The first-order chi connectivity index (χ1) is 11.7. The normalized spacial score (nSPS) is 10.4. The quantitative estimate of drug-likeness (QED) is 0.577. The summed E-state index contributed by atoms with van der Waals surface area (Å²) in [6.45, 7) is 2.68. The Bertz CT molecular complexity index is 684. The predicted octanol–water partition coefficient (Wildman–Crippen LogP) is 2.66. The van der Waals surface area contributed by atoms with E-state index in [2.05, 4.69) is 15.8 Å². The van der Waals surface area contributed by atoms with Gasteiger partial charge in [0.2, 0.25) is 0 Å². The van der Waals surface area contributed by atoms with Crippen LogP contribution in [0.15, 0.2) is 53.6 Å². The summed E-state index contributed by atoms with van der Waals surface area (Å²) >= 11 is 0. The molecule has 2 rings (SSSR count). The molecule has 0 saturated carbocycles. The number of anilines is 1. The van der Waals surface area contributed by atoms with E-state index >= 15 is 0 Å². The summed E-state index contributed by atoms with van der Waals surface area (Å²) in [5.41, 5.74) is 4.10. The van der Waals surface area contributed by atoms with E-state index in [0.29, 0.717) is 12.4 Å². The molecule has 1 amide bonds. The first kappa shape index (κ1) is 17.3. The van der Waals surface area contributed by atoms with Gasteiger partial charge in [0, 0.05) is 11.3 Å². The highest BCUT2D eigenvalue weighted by atomic mass is 16.5. The average molecular weight is 327 g/mol. The number of hydrazone groups is 1. The molecule has 2 aromatic carbocycles. The summed E-state index contributed by atoms with van der Waals surface area (Å²) < 4.78 is 10.6. The smallest absolute Gasteiger partial charge is 0.259 e. The van der Waals surface area contributed by atoms with Gasteiger partial charge in [-0.05, 0) is 43.3 Å². The van der Waals surface area contributed by atoms with Crippen molar-refractivity contribution in [3.8, 4) is 11.5 Å². The standard InChI is InChI=1S/C18H21N3O3/c1-3-24-16-10-8-15(9-11-16)19-13-18(22)21-20-12-14-6-4-5-7-17(14)23-2/h4-12,19H,3,13H2,1-2H3,(H,21,22). The van der Waals surface area contributed by atoms with Gasteiger partial charge in [0.05, 0.1) is 26.5 Å². The van der Waals surface area contributed by atoms with Gasteiger partial charge < -0.3 is 14.8 Å². The molecule has 0 aromatic heterocycles. The number of nitrogens with one attached hydrogen (secondary N) is 2. The molecule has 6 heteroatoms. The molecule has 0 aliphatic carbocycles. The van der Waals surface area contributed by atoms with Gasteiger partial charge in [-0.2, -0.15) is 5.10 Å². The maximum Gasteiger partial charge on any atom is 0.259 e. The Hall–Kier alpha value is -3.02. The maximum atomic E-state index is 11.8. The average Bonchev–Trinajstić information content (AvgIpc) is 2.62. The van der Waals surface area contributed by atoms with Crippen LogP contribution >= 0.6 is 0 Å². The number of amides is 1. The molecule has 0 fully saturated rings. The van der Waals surface area contributed by atoms with Crippen molar-refractivity contribution in [2.75, 3.05) is 25.6 Å². The summed E-state index contributed by atoms with van der Waals surface area (Å²) in [6.07, 6.45) is 1.55. The molecule has 126 valence electrons. The number of carbonyl (C=O) groups excluding carboxylic acids is 1. The van der Waals surface area contributed by atoms with Gasteiger partial charge in [-0.25, -0.2) is 5.43 Å². The molecule has 24 heavy (non-hydrogen) atoms. The minimum atomic E-state index is -0.241. The zero-order chi connectivity index (χ0) is 17.2. The number of benzene rings is 2. The second-order valence-corrected chi connectivity index (χ2v) is 4.85. The monoisotopic (exact) mass is 327 g/mol. The van der Waals surface area contributed by atoms with E-state index in [1.54, 1.807) is 13.3 Å². The van der Waals surface area contributed by atoms with E-state index < -0.39 is 0 Å². The van der Waals surface area contributed by atoms with Crippen LogP contribution in [0.25, 0.3) is 0 Å². The lowest BCUT2D eigenvalue weighted by molar-refractivity contribution is -0.119. The summed E-state index contributed by atoms with van der Waals surface area (Å²) in [5.74, 6) is 1.26. The van der Waals surface area contributed by atoms with Crippen molar-refractivity contribution < 1.29 is 14.3 Å². The van der Waals surface area contributed by atoms with Gasteiger partial charge in [-0.15, -0.1) is 0 Å². The van der Waals surface area contributed by atoms with Crippen molar-refractivity contribution in [2.45, 2.75) is 6.92 Å². The molecule has 2 N–H and O–H groups in total. The first-order valence-corrected chi connectivity index (χ1v) is 7.64. The number of ether oxygens (including phenoxy) is 2. The third-order valence-corrected chi connectivity index (χ3v) is 3.15. The van der Waals surface area contributed by atoms with E-state index in [0.717, 1.165) is 17.0 Å². The molecule has 0 bridgehead atoms. The molecule has 0 saturated heterocycles. The number of hydrogen-bond donors (Lipinski definition) is 2. The first-order valence-electron chi connectivity index (χ1n) is 7.64. The van der Waals surface area contributed by atoms with E-state index in [4.69, 9.17) is 9.47 Å². The lowest BCUT2D eigenvalue weighted by Gasteiger charge is -2.07. The Labute approximate surface area is 141 Å². The van der Waals surface area contributed by atoms with Crippen LogP contribution in [0.5, 0.6) is 11.5 Å². The van der Waals surface area contributed by atoms with Crippen molar-refractivity contribution in [3.05, 3.63) is 54.1 Å². The van der Waals surface area contributed by atoms with Crippen LogP contribution in [0, 0.1) is 0 Å². The maximum absolute atomic E-state index is 11.8. The van der Waals surface area contributed by atoms with E-state index in [-0.39, 0.29) is 12.5 Å². The Kier molecular flexibility index (Phi) is 6.64. The van der Waals surface area contributed by atoms with Crippen LogP contribution in [0.4, 0.5) is 5.69 Å². The van der Waals surface area contributed by atoms with Crippen LogP contribution in [0.2, 0.25) is 0 Å². The molecule has 0 atom stereocenters. The lowest BCUT2D eigenvalue weighted by atomic mass is 10.2. The van der Waals surface area contributed by atoms with Gasteiger partial charge in [-0.1, -0.05) is 12.1 Å². The van der Waals surface area contributed by atoms with Crippen molar-refractivity contribution in [1.82, 2.24) is 5.43 Å². The topological polar surface area (TPSA) is 72.0 Å². The van der Waals surface area contributed by atoms with Gasteiger partial charge >= 0.3 is 0 Å². The Morgan fingerprint density at radius 3 is 2.62 bits per heavy atom. The summed E-state index contributed by atoms with van der Waals surface area (Å²) in [4.78, 5) is 11.8. The van der Waals surface area contributed by atoms with E-state index in [9.17, 15) is 4.79 Å². The van der Waals surface area contributed by atoms with Gasteiger partial charge in [0.25, 0.3) is 5.91 Å². The highest BCUT2D eigenvalue weighted by Gasteiger charge is 2.01. The van der Waals surface area contributed by atoms with Gasteiger partial charge in [0.15, 0.2) is 0 Å². The zero-order valence-electron chi connectivity index (χ0n) is 13.8. The number of nitrogens with zero attached hydrogens (tertiary/aromatic N) is 1. The Morgan fingerprint density at radius 1 is 1.17 bits per heavy atom. The number of methoxy groups -OCH3 is 1. The van der Waals surface area contributed by atoms with Crippen molar-refractivity contribution in [3.63, 3.8) is 0 Å². The predicted molar refractivity (Wildman–Crippen MR) is 94.8 cm³/mol. The molecule has 0 heterocycles. The van der Waals surface area contributed by atoms with Crippen molar-refractivity contribution >= 4 is 17.8 Å². The third-order valence-electron chi connectivity index (χ3n) is 3.15. The SMILES string of the molecule is CCOc1ccc(NCC(=O)NN=Cc2ccccc2OC)cc1. The fourth-order valence-electron chi connectivity index (χ4n) is 2.00. The molecular weight excluding hydrogens is 306 g/mol. The molecule has 0 spiro atoms. The highest BCUT2D eigenvalue weighted by molar-refractivity contribution is 5.86. The Balaban J connectivity index is 1.79. The van der Waals surface area contributed by atoms with E-state index in [1.807, 2.05) is 55.5 Å². The second kappa shape index (κ2) is 9.19. The summed E-state index contributed by atoms with van der Waals surface area (Å²) in [6, 6.07) is 14.8. The van der Waals surface area contributed by atoms with Crippen LogP contribution in [-0.2, 0) is 4.79 Å². The number of hydrogen-bond acceptors (Lipinski definition) is 5. The number of carbonyl (C=O) groups is 1. The molecule has 0 unspecified atom stereocenters. The van der Waals surface area contributed by atoms with Crippen LogP contribution in [0.1, 0.15) is 12.5 Å². The highest BCUT2D eigenvalue weighted by Crippen LogP contribution is 2.15. The summed E-state index contributed by atoms with van der Waals surface area (Å²) in [5, 5.41) is 6.96. The minimum Gasteiger partial charge on any atom is -0.496 e.